The fourth-order valence-electron chi connectivity index (χ4n) is 2.57. The second kappa shape index (κ2) is 6.66. The lowest BCUT2D eigenvalue weighted by Gasteiger charge is -2.23. The monoisotopic (exact) mass is 357 g/mol. The minimum atomic E-state index is -0.930. The van der Waals surface area contributed by atoms with Crippen LogP contribution in [0.2, 0.25) is 0 Å². The maximum absolute atomic E-state index is 11.5. The highest BCUT2D eigenvalue weighted by Gasteiger charge is 2.29. The van der Waals surface area contributed by atoms with Crippen molar-refractivity contribution in [3.63, 3.8) is 0 Å². The first-order valence-corrected chi connectivity index (χ1v) is 7.81. The Morgan fingerprint density at radius 2 is 2.00 bits per heavy atom. The SMILES string of the molecule is CC(C)c1c(C(CN)C(=O)O)cc(Br)c2c1OCCCO2. The number of rotatable bonds is 4. The van der Waals surface area contributed by atoms with Crippen LogP contribution in [-0.4, -0.2) is 30.8 Å². The van der Waals surface area contributed by atoms with Crippen molar-refractivity contribution in [3.8, 4) is 11.5 Å². The lowest BCUT2D eigenvalue weighted by Crippen LogP contribution is -2.23. The van der Waals surface area contributed by atoms with Crippen LogP contribution in [0.3, 0.4) is 0 Å². The number of ether oxygens (including phenoxy) is 2. The molecular formula is C15H20BrNO4. The predicted octanol–water partition coefficient (Wildman–Crippen LogP) is 2.86. The van der Waals surface area contributed by atoms with Gasteiger partial charge in [0.1, 0.15) is 0 Å². The van der Waals surface area contributed by atoms with Gasteiger partial charge in [-0.3, -0.25) is 4.79 Å². The van der Waals surface area contributed by atoms with Crippen molar-refractivity contribution in [3.05, 3.63) is 21.7 Å². The molecule has 1 aliphatic heterocycles. The van der Waals surface area contributed by atoms with E-state index in [1.165, 1.54) is 0 Å². The molecule has 0 radical (unpaired) electrons. The lowest BCUT2D eigenvalue weighted by molar-refractivity contribution is -0.138. The molecule has 1 atom stereocenters. The van der Waals surface area contributed by atoms with Gasteiger partial charge in [0, 0.05) is 18.5 Å². The van der Waals surface area contributed by atoms with Crippen LogP contribution in [0.4, 0.5) is 0 Å². The zero-order valence-electron chi connectivity index (χ0n) is 12.2. The number of carbonyl (C=O) groups is 1. The van der Waals surface area contributed by atoms with E-state index in [2.05, 4.69) is 15.9 Å². The van der Waals surface area contributed by atoms with E-state index in [1.54, 1.807) is 6.07 Å². The van der Waals surface area contributed by atoms with Crippen LogP contribution in [0.15, 0.2) is 10.5 Å². The summed E-state index contributed by atoms with van der Waals surface area (Å²) in [5, 5.41) is 9.42. The van der Waals surface area contributed by atoms with Crippen molar-refractivity contribution in [2.45, 2.75) is 32.1 Å². The molecule has 0 spiro atoms. The van der Waals surface area contributed by atoms with Gasteiger partial charge in [0.25, 0.3) is 0 Å². The standard InChI is InChI=1S/C15H20BrNO4/c1-8(2)12-9(10(7-17)15(18)19)6-11(16)13-14(12)21-5-3-4-20-13/h6,8,10H,3-5,7,17H2,1-2H3,(H,18,19). The Labute approximate surface area is 132 Å². The second-order valence-electron chi connectivity index (χ2n) is 5.35. The number of nitrogens with two attached hydrogens (primary N) is 1. The number of halogens is 1. The third kappa shape index (κ3) is 3.16. The van der Waals surface area contributed by atoms with Gasteiger partial charge in [-0.15, -0.1) is 0 Å². The van der Waals surface area contributed by atoms with E-state index < -0.39 is 11.9 Å². The molecule has 1 heterocycles. The van der Waals surface area contributed by atoms with Crippen LogP contribution in [0.5, 0.6) is 11.5 Å². The van der Waals surface area contributed by atoms with Gasteiger partial charge in [-0.2, -0.15) is 0 Å². The zero-order chi connectivity index (χ0) is 15.6. The number of benzene rings is 1. The Balaban J connectivity index is 2.68. The van der Waals surface area contributed by atoms with Gasteiger partial charge in [-0.05, 0) is 33.5 Å². The summed E-state index contributed by atoms with van der Waals surface area (Å²) in [6.07, 6.45) is 0.799. The van der Waals surface area contributed by atoms with Crippen molar-refractivity contribution < 1.29 is 19.4 Å². The largest absolute Gasteiger partial charge is 0.489 e. The average molecular weight is 358 g/mol. The third-order valence-corrected chi connectivity index (χ3v) is 4.12. The molecule has 2 rings (SSSR count). The third-order valence-electron chi connectivity index (χ3n) is 3.53. The summed E-state index contributed by atoms with van der Waals surface area (Å²) in [6, 6.07) is 1.80. The average Bonchev–Trinajstić information content (AvgIpc) is 2.64. The molecule has 0 aliphatic carbocycles. The molecule has 0 saturated carbocycles. The maximum atomic E-state index is 11.5. The van der Waals surface area contributed by atoms with E-state index in [1.807, 2.05) is 13.8 Å². The first-order chi connectivity index (χ1) is 9.97. The van der Waals surface area contributed by atoms with Crippen molar-refractivity contribution >= 4 is 21.9 Å². The lowest BCUT2D eigenvalue weighted by atomic mass is 9.87. The minimum Gasteiger partial charge on any atom is -0.489 e. The van der Waals surface area contributed by atoms with Gasteiger partial charge in [-0.1, -0.05) is 13.8 Å². The Kier molecular flexibility index (Phi) is 5.11. The van der Waals surface area contributed by atoms with Crippen LogP contribution in [0, 0.1) is 0 Å². The van der Waals surface area contributed by atoms with E-state index in [4.69, 9.17) is 15.2 Å². The molecule has 116 valence electrons. The van der Waals surface area contributed by atoms with Crippen molar-refractivity contribution in [2.75, 3.05) is 19.8 Å². The summed E-state index contributed by atoms with van der Waals surface area (Å²) in [4.78, 5) is 11.5. The zero-order valence-corrected chi connectivity index (χ0v) is 13.8. The topological polar surface area (TPSA) is 81.8 Å². The highest BCUT2D eigenvalue weighted by molar-refractivity contribution is 9.10. The Morgan fingerprint density at radius 3 is 2.52 bits per heavy atom. The smallest absolute Gasteiger partial charge is 0.312 e. The van der Waals surface area contributed by atoms with Crippen LogP contribution < -0.4 is 15.2 Å². The Morgan fingerprint density at radius 1 is 1.38 bits per heavy atom. The summed E-state index contributed by atoms with van der Waals surface area (Å²) in [5.41, 5.74) is 7.22. The highest BCUT2D eigenvalue weighted by atomic mass is 79.9. The van der Waals surface area contributed by atoms with Gasteiger partial charge >= 0.3 is 5.97 Å². The summed E-state index contributed by atoms with van der Waals surface area (Å²) in [5.74, 6) is -0.277. The molecule has 5 nitrogen and oxygen atoms in total. The Hall–Kier alpha value is -1.27. The van der Waals surface area contributed by atoms with Gasteiger partial charge in [0.2, 0.25) is 0 Å². The highest BCUT2D eigenvalue weighted by Crippen LogP contribution is 2.46. The fraction of sp³-hybridized carbons (Fsp3) is 0.533. The molecular weight excluding hydrogens is 338 g/mol. The number of hydrogen-bond acceptors (Lipinski definition) is 4. The Bertz CT molecular complexity index is 545. The first kappa shape index (κ1) is 16.1. The summed E-state index contributed by atoms with van der Waals surface area (Å²) < 4.78 is 12.3. The van der Waals surface area contributed by atoms with E-state index in [9.17, 15) is 9.90 Å². The van der Waals surface area contributed by atoms with Gasteiger partial charge in [0.15, 0.2) is 11.5 Å². The second-order valence-corrected chi connectivity index (χ2v) is 6.21. The molecule has 21 heavy (non-hydrogen) atoms. The van der Waals surface area contributed by atoms with Crippen molar-refractivity contribution in [1.29, 1.82) is 0 Å². The van der Waals surface area contributed by atoms with Gasteiger partial charge in [0.05, 0.1) is 23.6 Å². The number of hydrogen-bond donors (Lipinski definition) is 2. The van der Waals surface area contributed by atoms with Crippen LogP contribution >= 0.6 is 15.9 Å². The predicted molar refractivity (Wildman–Crippen MR) is 83.3 cm³/mol. The number of carboxylic acids is 1. The molecule has 1 unspecified atom stereocenters. The molecule has 1 aromatic rings. The van der Waals surface area contributed by atoms with Crippen LogP contribution in [-0.2, 0) is 4.79 Å². The van der Waals surface area contributed by atoms with Crippen LogP contribution in [0.25, 0.3) is 0 Å². The normalized spacial score (nSPS) is 15.7. The molecule has 0 amide bonds. The van der Waals surface area contributed by atoms with E-state index in [0.717, 1.165) is 12.0 Å². The number of carboxylic acid groups (broad SMARTS) is 1. The minimum absolute atomic E-state index is 0.0428. The van der Waals surface area contributed by atoms with E-state index in [0.29, 0.717) is 34.7 Å². The van der Waals surface area contributed by atoms with Crippen molar-refractivity contribution in [2.24, 2.45) is 5.73 Å². The molecule has 0 fully saturated rings. The van der Waals surface area contributed by atoms with Crippen LogP contribution in [0.1, 0.15) is 43.2 Å². The molecule has 0 saturated heterocycles. The molecule has 0 aromatic heterocycles. The molecule has 1 aliphatic rings. The molecule has 6 heteroatoms. The number of fused-ring (bicyclic) bond motifs is 1. The first-order valence-electron chi connectivity index (χ1n) is 7.02. The molecule has 3 N–H and O–H groups in total. The summed E-state index contributed by atoms with van der Waals surface area (Å²) in [6.45, 7) is 5.21. The van der Waals surface area contributed by atoms with Gasteiger partial charge in [-0.25, -0.2) is 0 Å². The fourth-order valence-corrected chi connectivity index (χ4v) is 3.11. The quantitative estimate of drug-likeness (QED) is 0.865. The molecule has 1 aromatic carbocycles. The maximum Gasteiger partial charge on any atom is 0.312 e. The van der Waals surface area contributed by atoms with E-state index >= 15 is 0 Å². The van der Waals surface area contributed by atoms with E-state index in [-0.39, 0.29) is 12.5 Å². The van der Waals surface area contributed by atoms with Crippen molar-refractivity contribution in [1.82, 2.24) is 0 Å². The summed E-state index contributed by atoms with van der Waals surface area (Å²) >= 11 is 3.46. The molecule has 0 bridgehead atoms. The van der Waals surface area contributed by atoms with Gasteiger partial charge < -0.3 is 20.3 Å². The number of aliphatic carboxylic acids is 1. The summed E-state index contributed by atoms with van der Waals surface area (Å²) in [7, 11) is 0.